The van der Waals surface area contributed by atoms with Crippen molar-refractivity contribution in [3.63, 3.8) is 0 Å². The molecule has 0 aliphatic heterocycles. The van der Waals surface area contributed by atoms with Gasteiger partial charge < -0.3 is 4.74 Å². The van der Waals surface area contributed by atoms with Gasteiger partial charge in [0, 0.05) is 5.56 Å². The molecule has 142 valence electrons. The number of sulfonamides is 1. The first-order valence-electron chi connectivity index (χ1n) is 8.01. The predicted octanol–water partition coefficient (Wildman–Crippen LogP) is 4.60. The van der Waals surface area contributed by atoms with Crippen LogP contribution in [0.4, 0.5) is 8.78 Å². The van der Waals surface area contributed by atoms with E-state index in [1.54, 1.807) is 36.4 Å². The standard InChI is InChI=1S/C20H14F2N2O3S/c21-20(22)15-7-5-14(6-8-15)16-2-1-3-17(11-16)27-18-9-4-13(12-23)10-19(18)28(24,25)26/h1-11,20H,(H2,24,25,26). The fourth-order valence-electron chi connectivity index (χ4n) is 2.57. The van der Waals surface area contributed by atoms with Gasteiger partial charge in [-0.15, -0.1) is 0 Å². The van der Waals surface area contributed by atoms with Gasteiger partial charge in [0.15, 0.2) is 0 Å². The number of hydrogen-bond acceptors (Lipinski definition) is 4. The minimum atomic E-state index is -4.11. The Kier molecular flexibility index (Phi) is 5.40. The van der Waals surface area contributed by atoms with E-state index in [1.807, 2.05) is 6.07 Å². The second-order valence-electron chi connectivity index (χ2n) is 5.87. The first kappa shape index (κ1) is 19.5. The van der Waals surface area contributed by atoms with Crippen molar-refractivity contribution in [3.8, 4) is 28.7 Å². The number of ether oxygens (including phenoxy) is 1. The monoisotopic (exact) mass is 400 g/mol. The van der Waals surface area contributed by atoms with E-state index in [1.165, 1.54) is 24.3 Å². The molecule has 0 saturated carbocycles. The number of nitrogens with zero attached hydrogens (tertiary/aromatic N) is 1. The molecule has 0 atom stereocenters. The summed E-state index contributed by atoms with van der Waals surface area (Å²) >= 11 is 0. The highest BCUT2D eigenvalue weighted by atomic mass is 32.2. The number of halogens is 2. The zero-order valence-corrected chi connectivity index (χ0v) is 15.2. The fraction of sp³-hybridized carbons (Fsp3) is 0.0500. The predicted molar refractivity (Wildman–Crippen MR) is 99.4 cm³/mol. The molecule has 3 aromatic carbocycles. The molecule has 0 radical (unpaired) electrons. The van der Waals surface area contributed by atoms with E-state index in [4.69, 9.17) is 15.1 Å². The van der Waals surface area contributed by atoms with Crippen molar-refractivity contribution in [1.29, 1.82) is 5.26 Å². The van der Waals surface area contributed by atoms with Crippen LogP contribution in [0, 0.1) is 11.3 Å². The maximum absolute atomic E-state index is 12.7. The second-order valence-corrected chi connectivity index (χ2v) is 7.40. The molecule has 2 N–H and O–H groups in total. The summed E-state index contributed by atoms with van der Waals surface area (Å²) in [6.07, 6.45) is -2.54. The summed E-state index contributed by atoms with van der Waals surface area (Å²) in [6, 6.07) is 18.3. The second kappa shape index (κ2) is 7.76. The molecule has 0 unspecified atom stereocenters. The van der Waals surface area contributed by atoms with E-state index in [0.29, 0.717) is 16.9 Å². The van der Waals surface area contributed by atoms with Gasteiger partial charge in [0.05, 0.1) is 11.6 Å². The zero-order chi connectivity index (χ0) is 20.3. The molecular weight excluding hydrogens is 386 g/mol. The molecule has 0 aromatic heterocycles. The molecule has 0 heterocycles. The third kappa shape index (κ3) is 4.34. The van der Waals surface area contributed by atoms with Gasteiger partial charge in [0.1, 0.15) is 16.4 Å². The van der Waals surface area contributed by atoms with E-state index < -0.39 is 16.4 Å². The van der Waals surface area contributed by atoms with Crippen LogP contribution in [0.5, 0.6) is 11.5 Å². The summed E-state index contributed by atoms with van der Waals surface area (Å²) in [7, 11) is -4.11. The van der Waals surface area contributed by atoms with Gasteiger partial charge in [0.25, 0.3) is 6.43 Å². The van der Waals surface area contributed by atoms with E-state index >= 15 is 0 Å². The number of primary sulfonamides is 1. The van der Waals surface area contributed by atoms with Crippen LogP contribution >= 0.6 is 0 Å². The SMILES string of the molecule is N#Cc1ccc(Oc2cccc(-c3ccc(C(F)F)cc3)c2)c(S(N)(=O)=O)c1. The molecule has 0 aliphatic rings. The summed E-state index contributed by atoms with van der Waals surface area (Å²) < 4.78 is 54.7. The first-order chi connectivity index (χ1) is 13.3. The average molecular weight is 400 g/mol. The topological polar surface area (TPSA) is 93.2 Å². The molecule has 8 heteroatoms. The molecule has 0 amide bonds. The molecular formula is C20H14F2N2O3S. The quantitative estimate of drug-likeness (QED) is 0.677. The summed E-state index contributed by atoms with van der Waals surface area (Å²) in [6.45, 7) is 0. The molecule has 3 rings (SSSR count). The minimum absolute atomic E-state index is 0.0216. The van der Waals surface area contributed by atoms with Crippen LogP contribution in [0.25, 0.3) is 11.1 Å². The van der Waals surface area contributed by atoms with Crippen molar-refractivity contribution in [3.05, 3.63) is 77.9 Å². The van der Waals surface area contributed by atoms with E-state index in [9.17, 15) is 17.2 Å². The van der Waals surface area contributed by atoms with Gasteiger partial charge in [-0.1, -0.05) is 36.4 Å². The van der Waals surface area contributed by atoms with E-state index in [0.717, 1.165) is 6.07 Å². The average Bonchev–Trinajstić information content (AvgIpc) is 2.68. The van der Waals surface area contributed by atoms with Crippen molar-refractivity contribution in [1.82, 2.24) is 0 Å². The van der Waals surface area contributed by atoms with Gasteiger partial charge in [-0.05, 0) is 41.5 Å². The lowest BCUT2D eigenvalue weighted by molar-refractivity contribution is 0.151. The minimum Gasteiger partial charge on any atom is -0.456 e. The van der Waals surface area contributed by atoms with E-state index in [-0.39, 0.29) is 21.8 Å². The third-order valence-corrected chi connectivity index (χ3v) is 4.87. The van der Waals surface area contributed by atoms with Crippen molar-refractivity contribution >= 4 is 10.0 Å². The highest BCUT2D eigenvalue weighted by Crippen LogP contribution is 2.32. The van der Waals surface area contributed by atoms with Gasteiger partial charge in [-0.25, -0.2) is 22.3 Å². The lowest BCUT2D eigenvalue weighted by Gasteiger charge is -2.11. The van der Waals surface area contributed by atoms with Crippen LogP contribution in [0.2, 0.25) is 0 Å². The van der Waals surface area contributed by atoms with Crippen molar-refractivity contribution in [2.75, 3.05) is 0 Å². The van der Waals surface area contributed by atoms with Crippen molar-refractivity contribution in [2.24, 2.45) is 5.14 Å². The smallest absolute Gasteiger partial charge is 0.263 e. The summed E-state index contributed by atoms with van der Waals surface area (Å²) in [5.41, 5.74) is 1.45. The lowest BCUT2D eigenvalue weighted by Crippen LogP contribution is -2.13. The molecule has 0 spiro atoms. The van der Waals surface area contributed by atoms with E-state index in [2.05, 4.69) is 0 Å². The molecule has 28 heavy (non-hydrogen) atoms. The van der Waals surface area contributed by atoms with Crippen LogP contribution in [-0.2, 0) is 10.0 Å². The Morgan fingerprint density at radius 3 is 2.29 bits per heavy atom. The third-order valence-electron chi connectivity index (χ3n) is 3.94. The Morgan fingerprint density at radius 1 is 0.964 bits per heavy atom. The number of benzene rings is 3. The Morgan fingerprint density at radius 2 is 1.68 bits per heavy atom. The Balaban J connectivity index is 1.95. The molecule has 0 fully saturated rings. The Bertz CT molecular complexity index is 1150. The van der Waals surface area contributed by atoms with Crippen molar-refractivity contribution in [2.45, 2.75) is 11.3 Å². The number of nitriles is 1. The van der Waals surface area contributed by atoms with Crippen LogP contribution in [0.3, 0.4) is 0 Å². The number of nitrogens with two attached hydrogens (primary N) is 1. The zero-order valence-electron chi connectivity index (χ0n) is 14.3. The van der Waals surface area contributed by atoms with Crippen molar-refractivity contribution < 1.29 is 21.9 Å². The maximum atomic E-state index is 12.7. The first-order valence-corrected chi connectivity index (χ1v) is 9.56. The van der Waals surface area contributed by atoms with Crippen LogP contribution < -0.4 is 9.88 Å². The lowest BCUT2D eigenvalue weighted by atomic mass is 10.0. The maximum Gasteiger partial charge on any atom is 0.263 e. The Hall–Kier alpha value is -3.28. The Labute approximate surface area is 160 Å². The number of alkyl halides is 2. The van der Waals surface area contributed by atoms with Gasteiger partial charge >= 0.3 is 0 Å². The van der Waals surface area contributed by atoms with Gasteiger partial charge in [0.2, 0.25) is 10.0 Å². The summed E-state index contributed by atoms with van der Waals surface area (Å²) in [5, 5.41) is 14.2. The molecule has 3 aromatic rings. The van der Waals surface area contributed by atoms with Gasteiger partial charge in [-0.3, -0.25) is 0 Å². The van der Waals surface area contributed by atoms with Crippen LogP contribution in [0.1, 0.15) is 17.6 Å². The summed E-state index contributed by atoms with van der Waals surface area (Å²) in [5.74, 6) is 0.303. The largest absolute Gasteiger partial charge is 0.456 e. The fourth-order valence-corrected chi connectivity index (χ4v) is 3.25. The highest BCUT2D eigenvalue weighted by molar-refractivity contribution is 7.89. The normalized spacial score (nSPS) is 11.2. The number of rotatable bonds is 5. The highest BCUT2D eigenvalue weighted by Gasteiger charge is 2.17. The molecule has 5 nitrogen and oxygen atoms in total. The van der Waals surface area contributed by atoms with Crippen LogP contribution in [0.15, 0.2) is 71.6 Å². The molecule has 0 bridgehead atoms. The molecule has 0 saturated heterocycles. The number of hydrogen-bond donors (Lipinski definition) is 1. The van der Waals surface area contributed by atoms with Gasteiger partial charge in [-0.2, -0.15) is 5.26 Å². The summed E-state index contributed by atoms with van der Waals surface area (Å²) in [4.78, 5) is -0.307. The molecule has 0 aliphatic carbocycles. The van der Waals surface area contributed by atoms with Crippen LogP contribution in [-0.4, -0.2) is 8.42 Å².